The number of pyridine rings is 1. The first-order chi connectivity index (χ1) is 12.7. The Kier molecular flexibility index (Phi) is 31.6. The van der Waals surface area contributed by atoms with Crippen LogP contribution in [-0.2, 0) is 6.54 Å². The molecular weight excluding hydrogens is 476 g/mol. The van der Waals surface area contributed by atoms with Crippen molar-refractivity contribution in [3.05, 3.63) is 30.6 Å². The number of aromatic nitrogens is 1. The van der Waals surface area contributed by atoms with Crippen LogP contribution in [0.5, 0.6) is 0 Å². The zero-order valence-electron chi connectivity index (χ0n) is 19.2. The van der Waals surface area contributed by atoms with Gasteiger partial charge in [0.15, 0.2) is 12.4 Å². The summed E-state index contributed by atoms with van der Waals surface area (Å²) in [6.45, 7) is 3.47. The lowest BCUT2D eigenvalue weighted by atomic mass is 10.0. The summed E-state index contributed by atoms with van der Waals surface area (Å²) >= 11 is 0. The predicted octanol–water partition coefficient (Wildman–Crippen LogP) is 4.22. The number of rotatable bonds is 15. The summed E-state index contributed by atoms with van der Waals surface area (Å²) in [6.07, 6.45) is 24.4. The van der Waals surface area contributed by atoms with Crippen LogP contribution in [0.3, 0.4) is 0 Å². The first-order valence-corrected chi connectivity index (χ1v) is 11.2. The number of hydrogen-bond donors (Lipinski definition) is 0. The van der Waals surface area contributed by atoms with Gasteiger partial charge in [0.2, 0.25) is 0 Å². The molecule has 1 aromatic rings. The number of unbranched alkanes of at least 4 members (excludes halogenated alkanes) is 13. The highest BCUT2D eigenvalue weighted by molar-refractivity contribution is 8.93. The van der Waals surface area contributed by atoms with Gasteiger partial charge in [-0.05, 0) is 27.6 Å². The van der Waals surface area contributed by atoms with Gasteiger partial charge < -0.3 is 21.9 Å². The molecule has 0 spiro atoms. The van der Waals surface area contributed by atoms with Gasteiger partial charge in [-0.25, -0.2) is 4.57 Å². The SMILES string of the molecule is Br.CCCCCCCCCCCCCCCC[n+]1ccccc1.CN(C)C.[Br-]. The van der Waals surface area contributed by atoms with Crippen molar-refractivity contribution in [1.29, 1.82) is 0 Å². The summed E-state index contributed by atoms with van der Waals surface area (Å²) in [5, 5.41) is 0. The molecule has 0 saturated carbocycles. The number of hydrogen-bond acceptors (Lipinski definition) is 1. The van der Waals surface area contributed by atoms with Crippen LogP contribution in [0.15, 0.2) is 30.6 Å². The molecule has 28 heavy (non-hydrogen) atoms. The Balaban J connectivity index is -0.000000948. The number of halogens is 2. The van der Waals surface area contributed by atoms with E-state index in [1.807, 2.05) is 26.0 Å². The van der Waals surface area contributed by atoms with Crippen LogP contribution >= 0.6 is 17.0 Å². The highest BCUT2D eigenvalue weighted by Crippen LogP contribution is 2.12. The summed E-state index contributed by atoms with van der Waals surface area (Å²) in [4.78, 5) is 2.00. The normalized spacial score (nSPS) is 9.89. The molecule has 168 valence electrons. The third kappa shape index (κ3) is 28.3. The molecule has 0 aliphatic rings. The van der Waals surface area contributed by atoms with Crippen LogP contribution in [0.2, 0.25) is 0 Å². The molecule has 0 amide bonds. The van der Waals surface area contributed by atoms with Crippen molar-refractivity contribution in [3.63, 3.8) is 0 Å². The maximum atomic E-state index is 2.29. The van der Waals surface area contributed by atoms with Crippen molar-refractivity contribution >= 4 is 17.0 Å². The molecule has 0 aromatic carbocycles. The molecule has 0 atom stereocenters. The van der Waals surface area contributed by atoms with E-state index in [-0.39, 0.29) is 34.0 Å². The highest BCUT2D eigenvalue weighted by atomic mass is 79.9. The van der Waals surface area contributed by atoms with E-state index in [0.29, 0.717) is 0 Å². The molecule has 0 N–H and O–H groups in total. The minimum atomic E-state index is 0. The van der Waals surface area contributed by atoms with Gasteiger partial charge in [-0.2, -0.15) is 0 Å². The second-order valence-electron chi connectivity index (χ2n) is 8.05. The minimum Gasteiger partial charge on any atom is -1.00 e. The van der Waals surface area contributed by atoms with Crippen molar-refractivity contribution in [3.8, 4) is 0 Å². The molecule has 0 fully saturated rings. The van der Waals surface area contributed by atoms with E-state index in [1.165, 1.54) is 96.4 Å². The first-order valence-electron chi connectivity index (χ1n) is 11.2. The Hall–Kier alpha value is 0.0700. The monoisotopic (exact) mass is 522 g/mol. The second kappa shape index (κ2) is 27.1. The third-order valence-corrected chi connectivity index (χ3v) is 4.55. The summed E-state index contributed by atoms with van der Waals surface area (Å²) < 4.78 is 2.29. The van der Waals surface area contributed by atoms with Gasteiger partial charge >= 0.3 is 0 Å². The topological polar surface area (TPSA) is 7.12 Å². The van der Waals surface area contributed by atoms with Crippen molar-refractivity contribution < 1.29 is 21.5 Å². The van der Waals surface area contributed by atoms with Crippen molar-refractivity contribution in [2.75, 3.05) is 21.1 Å². The number of nitrogens with zero attached hydrogens (tertiary/aromatic N) is 2. The van der Waals surface area contributed by atoms with Crippen LogP contribution in [0, 0.1) is 0 Å². The van der Waals surface area contributed by atoms with Crippen LogP contribution in [0.4, 0.5) is 0 Å². The van der Waals surface area contributed by atoms with Crippen LogP contribution in [-0.4, -0.2) is 26.0 Å². The van der Waals surface area contributed by atoms with E-state index in [1.54, 1.807) is 0 Å². The predicted molar refractivity (Wildman–Crippen MR) is 127 cm³/mol. The maximum Gasteiger partial charge on any atom is 0.168 e. The lowest BCUT2D eigenvalue weighted by Gasteiger charge is -2.02. The molecular formula is C24H48Br2N2. The summed E-state index contributed by atoms with van der Waals surface area (Å²) in [5.74, 6) is 0. The Morgan fingerprint density at radius 3 is 1.25 bits per heavy atom. The van der Waals surface area contributed by atoms with E-state index in [4.69, 9.17) is 0 Å². The Labute approximate surface area is 198 Å². The zero-order chi connectivity index (χ0) is 19.3. The standard InChI is InChI=1S/C21H38N.C3H9N.2BrH/c1-2-3-4-5-6-7-8-9-10-11-12-13-14-16-19-22-20-17-15-18-21-22;1-4(2)3;;/h15,17-18,20-21H,2-14,16,19H2,1H3;1-3H3;2*1H/q+1;;;/p-1. The molecule has 0 aliphatic heterocycles. The third-order valence-electron chi connectivity index (χ3n) is 4.55. The Morgan fingerprint density at radius 2 is 0.893 bits per heavy atom. The van der Waals surface area contributed by atoms with E-state index >= 15 is 0 Å². The van der Waals surface area contributed by atoms with Crippen molar-refractivity contribution in [1.82, 2.24) is 4.90 Å². The molecule has 0 aliphatic carbocycles. The number of aryl methyl sites for hydroxylation is 1. The smallest absolute Gasteiger partial charge is 0.168 e. The fraction of sp³-hybridized carbons (Fsp3) is 0.792. The van der Waals surface area contributed by atoms with Gasteiger partial charge in [-0.1, -0.05) is 90.0 Å². The quantitative estimate of drug-likeness (QED) is 0.246. The van der Waals surface area contributed by atoms with E-state index in [9.17, 15) is 0 Å². The fourth-order valence-electron chi connectivity index (χ4n) is 3.07. The maximum absolute atomic E-state index is 2.29. The molecule has 0 bridgehead atoms. The molecule has 0 radical (unpaired) electrons. The summed E-state index contributed by atoms with van der Waals surface area (Å²) in [5.41, 5.74) is 0. The van der Waals surface area contributed by atoms with Crippen LogP contribution in [0.1, 0.15) is 96.8 Å². The summed E-state index contributed by atoms with van der Waals surface area (Å²) in [6, 6.07) is 6.31. The van der Waals surface area contributed by atoms with Crippen LogP contribution < -0.4 is 21.5 Å². The largest absolute Gasteiger partial charge is 1.00 e. The lowest BCUT2D eigenvalue weighted by Crippen LogP contribution is -3.00. The molecule has 2 nitrogen and oxygen atoms in total. The molecule has 1 aromatic heterocycles. The van der Waals surface area contributed by atoms with E-state index in [2.05, 4.69) is 42.1 Å². The highest BCUT2D eigenvalue weighted by Gasteiger charge is 1.98. The second-order valence-corrected chi connectivity index (χ2v) is 8.05. The average molecular weight is 524 g/mol. The fourth-order valence-corrected chi connectivity index (χ4v) is 3.07. The van der Waals surface area contributed by atoms with Gasteiger partial charge in [0, 0.05) is 18.6 Å². The van der Waals surface area contributed by atoms with Gasteiger partial charge in [0.1, 0.15) is 6.54 Å². The lowest BCUT2D eigenvalue weighted by molar-refractivity contribution is -0.697. The Morgan fingerprint density at radius 1 is 0.571 bits per heavy atom. The summed E-state index contributed by atoms with van der Waals surface area (Å²) in [7, 11) is 6.00. The van der Waals surface area contributed by atoms with E-state index in [0.717, 1.165) is 0 Å². The zero-order valence-corrected chi connectivity index (χ0v) is 22.5. The Bertz CT molecular complexity index is 369. The molecule has 0 saturated heterocycles. The van der Waals surface area contributed by atoms with Crippen molar-refractivity contribution in [2.24, 2.45) is 0 Å². The van der Waals surface area contributed by atoms with Gasteiger partial charge in [-0.15, -0.1) is 17.0 Å². The molecule has 0 unspecified atom stereocenters. The molecule has 1 heterocycles. The van der Waals surface area contributed by atoms with Gasteiger partial charge in [0.05, 0.1) is 0 Å². The average Bonchev–Trinajstić information content (AvgIpc) is 2.62. The van der Waals surface area contributed by atoms with Gasteiger partial charge in [0.25, 0.3) is 0 Å². The van der Waals surface area contributed by atoms with Gasteiger partial charge in [-0.3, -0.25) is 0 Å². The van der Waals surface area contributed by atoms with Crippen LogP contribution in [0.25, 0.3) is 0 Å². The molecule has 1 rings (SSSR count). The first kappa shape index (κ1) is 32.7. The molecule has 4 heteroatoms. The minimum absolute atomic E-state index is 0. The van der Waals surface area contributed by atoms with Crippen molar-refractivity contribution in [2.45, 2.75) is 103 Å². The van der Waals surface area contributed by atoms with E-state index < -0.39 is 0 Å².